The number of halogens is 5. The molecule has 0 radical (unpaired) electrons. The van der Waals surface area contributed by atoms with Crippen molar-refractivity contribution in [1.29, 1.82) is 0 Å². The average molecular weight is 240 g/mol. The quantitative estimate of drug-likeness (QED) is 0.807. The zero-order chi connectivity index (χ0) is 12.5. The number of aryl methyl sites for hydroxylation is 1. The summed E-state index contributed by atoms with van der Waals surface area (Å²) in [7, 11) is 0. The van der Waals surface area contributed by atoms with Crippen LogP contribution >= 0.6 is 0 Å². The molecule has 0 aliphatic carbocycles. The van der Waals surface area contributed by atoms with Gasteiger partial charge in [0.1, 0.15) is 5.69 Å². The molecule has 1 rings (SSSR count). The van der Waals surface area contributed by atoms with Crippen molar-refractivity contribution < 1.29 is 22.0 Å². The van der Waals surface area contributed by atoms with Gasteiger partial charge in [0.25, 0.3) is 6.43 Å². The van der Waals surface area contributed by atoms with E-state index < -0.39 is 36.1 Å². The van der Waals surface area contributed by atoms with Gasteiger partial charge in [-0.25, -0.2) is 8.78 Å². The second-order valence-corrected chi connectivity index (χ2v) is 3.17. The van der Waals surface area contributed by atoms with Crippen LogP contribution in [-0.4, -0.2) is 4.98 Å². The molecule has 0 aliphatic heterocycles. The average Bonchev–Trinajstić information content (AvgIpc) is 2.15. The van der Waals surface area contributed by atoms with Gasteiger partial charge >= 0.3 is 6.18 Å². The first-order chi connectivity index (χ1) is 7.27. The number of hydrogen-bond donors (Lipinski definition) is 1. The van der Waals surface area contributed by atoms with Crippen LogP contribution in [0.15, 0.2) is 6.07 Å². The Kier molecular flexibility index (Phi) is 3.47. The summed E-state index contributed by atoms with van der Waals surface area (Å²) < 4.78 is 62.1. The van der Waals surface area contributed by atoms with Crippen LogP contribution in [0.3, 0.4) is 0 Å². The molecule has 1 aromatic rings. The zero-order valence-corrected chi connectivity index (χ0v) is 8.28. The molecule has 0 spiro atoms. The van der Waals surface area contributed by atoms with Gasteiger partial charge in [-0.3, -0.25) is 4.98 Å². The Morgan fingerprint density at radius 2 is 1.94 bits per heavy atom. The van der Waals surface area contributed by atoms with Gasteiger partial charge in [0.2, 0.25) is 0 Å². The van der Waals surface area contributed by atoms with Crippen molar-refractivity contribution in [3.63, 3.8) is 0 Å². The Morgan fingerprint density at radius 1 is 1.38 bits per heavy atom. The van der Waals surface area contributed by atoms with Crippen molar-refractivity contribution in [1.82, 2.24) is 4.98 Å². The fourth-order valence-electron chi connectivity index (χ4n) is 1.30. The maximum Gasteiger partial charge on any atom is 0.418 e. The maximum atomic E-state index is 12.4. The number of nitrogens with zero attached hydrogens (tertiary/aromatic N) is 1. The van der Waals surface area contributed by atoms with E-state index in [4.69, 9.17) is 5.73 Å². The van der Waals surface area contributed by atoms with E-state index in [1.54, 1.807) is 0 Å². The summed E-state index contributed by atoms with van der Waals surface area (Å²) in [5.41, 5.74) is 2.64. The van der Waals surface area contributed by atoms with Gasteiger partial charge in [-0.15, -0.1) is 0 Å². The third kappa shape index (κ3) is 2.46. The predicted molar refractivity (Wildman–Crippen MR) is 46.8 cm³/mol. The smallest absolute Gasteiger partial charge is 0.326 e. The first-order valence-corrected chi connectivity index (χ1v) is 4.33. The van der Waals surface area contributed by atoms with Crippen molar-refractivity contribution in [2.24, 2.45) is 5.73 Å². The Hall–Kier alpha value is -1.24. The highest BCUT2D eigenvalue weighted by atomic mass is 19.4. The largest absolute Gasteiger partial charge is 0.418 e. The summed E-state index contributed by atoms with van der Waals surface area (Å²) in [4.78, 5) is 3.26. The number of pyridine rings is 1. The molecule has 0 unspecified atom stereocenters. The molecule has 0 bridgehead atoms. The van der Waals surface area contributed by atoms with Gasteiger partial charge in [-0.05, 0) is 18.6 Å². The van der Waals surface area contributed by atoms with Crippen molar-refractivity contribution in [3.05, 3.63) is 28.6 Å². The Labute approximate surface area is 88.3 Å². The highest BCUT2D eigenvalue weighted by Gasteiger charge is 2.34. The van der Waals surface area contributed by atoms with Crippen LogP contribution in [-0.2, 0) is 12.7 Å². The van der Waals surface area contributed by atoms with Crippen LogP contribution in [0.25, 0.3) is 0 Å². The van der Waals surface area contributed by atoms with Crippen molar-refractivity contribution in [2.75, 3.05) is 0 Å². The summed E-state index contributed by atoms with van der Waals surface area (Å²) in [5, 5.41) is 0. The minimum atomic E-state index is -4.61. The lowest BCUT2D eigenvalue weighted by atomic mass is 10.1. The van der Waals surface area contributed by atoms with E-state index in [-0.39, 0.29) is 5.56 Å². The fourth-order valence-corrected chi connectivity index (χ4v) is 1.30. The van der Waals surface area contributed by atoms with E-state index in [0.717, 1.165) is 6.92 Å². The van der Waals surface area contributed by atoms with E-state index in [9.17, 15) is 22.0 Å². The Balaban J connectivity index is 3.37. The fraction of sp³-hybridized carbons (Fsp3) is 0.444. The van der Waals surface area contributed by atoms with E-state index in [2.05, 4.69) is 4.98 Å². The molecule has 7 heteroatoms. The third-order valence-corrected chi connectivity index (χ3v) is 2.06. The van der Waals surface area contributed by atoms with Gasteiger partial charge in [0.05, 0.1) is 11.3 Å². The summed E-state index contributed by atoms with van der Waals surface area (Å²) in [5.74, 6) is 0. The molecule has 1 heterocycles. The number of rotatable bonds is 2. The standard InChI is InChI=1S/C9H9F5N2/c1-4-6(9(12,13)14)2-5(3-15)7(16-4)8(10)11/h2,8H,3,15H2,1H3. The summed E-state index contributed by atoms with van der Waals surface area (Å²) >= 11 is 0. The first-order valence-electron chi connectivity index (χ1n) is 4.33. The third-order valence-electron chi connectivity index (χ3n) is 2.06. The summed E-state index contributed by atoms with van der Waals surface area (Å²) in [6.45, 7) is 0.630. The van der Waals surface area contributed by atoms with E-state index >= 15 is 0 Å². The second kappa shape index (κ2) is 4.32. The molecule has 2 nitrogen and oxygen atoms in total. The van der Waals surface area contributed by atoms with Crippen LogP contribution in [0.5, 0.6) is 0 Å². The molecule has 0 saturated carbocycles. The van der Waals surface area contributed by atoms with Gasteiger partial charge in [-0.2, -0.15) is 13.2 Å². The second-order valence-electron chi connectivity index (χ2n) is 3.17. The molecule has 2 N–H and O–H groups in total. The van der Waals surface area contributed by atoms with E-state index in [0.29, 0.717) is 6.07 Å². The molecule has 0 saturated heterocycles. The lowest BCUT2D eigenvalue weighted by Crippen LogP contribution is -2.14. The minimum absolute atomic E-state index is 0.284. The van der Waals surface area contributed by atoms with Gasteiger partial charge in [0, 0.05) is 6.54 Å². The molecule has 0 fully saturated rings. The van der Waals surface area contributed by atoms with Crippen LogP contribution in [0, 0.1) is 6.92 Å². The SMILES string of the molecule is Cc1nc(C(F)F)c(CN)cc1C(F)(F)F. The van der Waals surface area contributed by atoms with Crippen molar-refractivity contribution in [3.8, 4) is 0 Å². The van der Waals surface area contributed by atoms with Gasteiger partial charge in [0.15, 0.2) is 0 Å². The Bertz CT molecular complexity index is 386. The van der Waals surface area contributed by atoms with Crippen molar-refractivity contribution >= 4 is 0 Å². The normalized spacial score (nSPS) is 12.2. The van der Waals surface area contributed by atoms with Gasteiger partial charge in [-0.1, -0.05) is 0 Å². The van der Waals surface area contributed by atoms with Crippen LogP contribution < -0.4 is 5.73 Å². The Morgan fingerprint density at radius 3 is 2.31 bits per heavy atom. The molecule has 1 aromatic heterocycles. The zero-order valence-electron chi connectivity index (χ0n) is 8.28. The first kappa shape index (κ1) is 12.8. The molecule has 0 aromatic carbocycles. The monoisotopic (exact) mass is 240 g/mol. The number of nitrogens with two attached hydrogens (primary N) is 1. The van der Waals surface area contributed by atoms with Gasteiger partial charge < -0.3 is 5.73 Å². The molecule has 0 aliphatic rings. The van der Waals surface area contributed by atoms with E-state index in [1.165, 1.54) is 0 Å². The van der Waals surface area contributed by atoms with Crippen LogP contribution in [0.1, 0.15) is 28.9 Å². The lowest BCUT2D eigenvalue weighted by Gasteiger charge is -2.14. The molecule has 90 valence electrons. The number of hydrogen-bond acceptors (Lipinski definition) is 2. The molecular weight excluding hydrogens is 231 g/mol. The van der Waals surface area contributed by atoms with Crippen LogP contribution in [0.4, 0.5) is 22.0 Å². The molecule has 0 amide bonds. The highest BCUT2D eigenvalue weighted by molar-refractivity contribution is 5.32. The maximum absolute atomic E-state index is 12.4. The van der Waals surface area contributed by atoms with Crippen molar-refractivity contribution in [2.45, 2.75) is 26.1 Å². The number of alkyl halides is 5. The lowest BCUT2D eigenvalue weighted by molar-refractivity contribution is -0.138. The molecule has 16 heavy (non-hydrogen) atoms. The molecular formula is C9H9F5N2. The predicted octanol–water partition coefficient (Wildman–Crippen LogP) is 2.81. The topological polar surface area (TPSA) is 38.9 Å². The van der Waals surface area contributed by atoms with E-state index in [1.807, 2.05) is 0 Å². The highest BCUT2D eigenvalue weighted by Crippen LogP contribution is 2.33. The summed E-state index contributed by atoms with van der Waals surface area (Å²) in [6.07, 6.45) is -7.54. The van der Waals surface area contributed by atoms with Crippen LogP contribution in [0.2, 0.25) is 0 Å². The number of aromatic nitrogens is 1. The minimum Gasteiger partial charge on any atom is -0.326 e. The molecule has 0 atom stereocenters. The summed E-state index contributed by atoms with van der Waals surface area (Å²) in [6, 6.07) is 0.629.